The van der Waals surface area contributed by atoms with Crippen LogP contribution >= 0.6 is 15.9 Å². The van der Waals surface area contributed by atoms with Crippen LogP contribution in [0, 0.1) is 5.92 Å². The van der Waals surface area contributed by atoms with E-state index in [1.54, 1.807) is 0 Å². The molecule has 5 heteroatoms. The van der Waals surface area contributed by atoms with Gasteiger partial charge in [-0.3, -0.25) is 4.79 Å². The molecule has 1 aliphatic rings. The lowest BCUT2D eigenvalue weighted by Crippen LogP contribution is -2.29. The highest BCUT2D eigenvalue weighted by molar-refractivity contribution is 9.10. The van der Waals surface area contributed by atoms with Crippen LogP contribution in [0.5, 0.6) is 0 Å². The van der Waals surface area contributed by atoms with E-state index in [9.17, 15) is 4.79 Å². The Morgan fingerprint density at radius 2 is 2.11 bits per heavy atom. The predicted molar refractivity (Wildman–Crippen MR) is 73.3 cm³/mol. The third kappa shape index (κ3) is 3.45. The van der Waals surface area contributed by atoms with Gasteiger partial charge in [-0.2, -0.15) is 0 Å². The fourth-order valence-electron chi connectivity index (χ4n) is 2.34. The SMILES string of the molecule is COC(=O)C1CCC(Nc2ccc(Br)nc2)CC1. The van der Waals surface area contributed by atoms with Crippen molar-refractivity contribution in [2.75, 3.05) is 12.4 Å². The zero-order chi connectivity index (χ0) is 13.0. The number of nitrogens with one attached hydrogen (secondary N) is 1. The highest BCUT2D eigenvalue weighted by atomic mass is 79.9. The second-order valence-electron chi connectivity index (χ2n) is 4.59. The Kier molecular flexibility index (Phi) is 4.58. The lowest BCUT2D eigenvalue weighted by Gasteiger charge is -2.28. The molecule has 1 fully saturated rings. The minimum atomic E-state index is -0.0706. The van der Waals surface area contributed by atoms with E-state index in [2.05, 4.69) is 26.2 Å². The number of carbonyl (C=O) groups excluding carboxylic acids is 1. The summed E-state index contributed by atoms with van der Waals surface area (Å²) in [4.78, 5) is 15.6. The molecule has 0 spiro atoms. The van der Waals surface area contributed by atoms with Crippen LogP contribution in [0.3, 0.4) is 0 Å². The number of rotatable bonds is 3. The Labute approximate surface area is 115 Å². The summed E-state index contributed by atoms with van der Waals surface area (Å²) in [5, 5.41) is 3.45. The molecule has 1 heterocycles. The van der Waals surface area contributed by atoms with Crippen molar-refractivity contribution in [1.82, 2.24) is 4.98 Å². The molecule has 1 N–H and O–H groups in total. The number of ether oxygens (including phenoxy) is 1. The maximum atomic E-state index is 11.4. The minimum Gasteiger partial charge on any atom is -0.469 e. The molecule has 0 aromatic carbocycles. The van der Waals surface area contributed by atoms with Crippen LogP contribution in [0.1, 0.15) is 25.7 Å². The molecule has 0 unspecified atom stereocenters. The molecule has 0 atom stereocenters. The molecule has 4 nitrogen and oxygen atoms in total. The van der Waals surface area contributed by atoms with E-state index in [1.165, 1.54) is 7.11 Å². The molecular formula is C13H17BrN2O2. The van der Waals surface area contributed by atoms with Gasteiger partial charge >= 0.3 is 5.97 Å². The highest BCUT2D eigenvalue weighted by Crippen LogP contribution is 2.27. The summed E-state index contributed by atoms with van der Waals surface area (Å²) in [6.07, 6.45) is 5.60. The third-order valence-corrected chi connectivity index (χ3v) is 3.83. The van der Waals surface area contributed by atoms with Crippen molar-refractivity contribution in [3.63, 3.8) is 0 Å². The molecule has 0 amide bonds. The van der Waals surface area contributed by atoms with Gasteiger partial charge < -0.3 is 10.1 Å². The number of carbonyl (C=O) groups is 1. The quantitative estimate of drug-likeness (QED) is 0.688. The van der Waals surface area contributed by atoms with Gasteiger partial charge in [0.15, 0.2) is 0 Å². The summed E-state index contributed by atoms with van der Waals surface area (Å²) in [6, 6.07) is 4.35. The molecule has 0 aliphatic heterocycles. The number of hydrogen-bond acceptors (Lipinski definition) is 4. The average Bonchev–Trinajstić information content (AvgIpc) is 2.41. The first kappa shape index (κ1) is 13.3. The Bertz CT molecular complexity index is 400. The number of aromatic nitrogens is 1. The molecule has 18 heavy (non-hydrogen) atoms. The summed E-state index contributed by atoms with van der Waals surface area (Å²) in [6.45, 7) is 0. The van der Waals surface area contributed by atoms with E-state index < -0.39 is 0 Å². The summed E-state index contributed by atoms with van der Waals surface area (Å²) >= 11 is 3.31. The number of halogens is 1. The topological polar surface area (TPSA) is 51.2 Å². The Morgan fingerprint density at radius 1 is 1.39 bits per heavy atom. The average molecular weight is 313 g/mol. The summed E-state index contributed by atoms with van der Waals surface area (Å²) in [7, 11) is 1.46. The molecule has 1 saturated carbocycles. The maximum Gasteiger partial charge on any atom is 0.308 e. The van der Waals surface area contributed by atoms with E-state index in [4.69, 9.17) is 4.74 Å². The summed E-state index contributed by atoms with van der Waals surface area (Å²) in [5.41, 5.74) is 1.03. The maximum absolute atomic E-state index is 11.4. The zero-order valence-electron chi connectivity index (χ0n) is 10.4. The van der Waals surface area contributed by atoms with E-state index in [0.717, 1.165) is 36.0 Å². The highest BCUT2D eigenvalue weighted by Gasteiger charge is 2.26. The van der Waals surface area contributed by atoms with Gasteiger partial charge in [-0.25, -0.2) is 4.98 Å². The van der Waals surface area contributed by atoms with Crippen LogP contribution < -0.4 is 5.32 Å². The fraction of sp³-hybridized carbons (Fsp3) is 0.538. The van der Waals surface area contributed by atoms with Gasteiger partial charge in [0.05, 0.1) is 24.9 Å². The number of nitrogens with zero attached hydrogens (tertiary/aromatic N) is 1. The third-order valence-electron chi connectivity index (χ3n) is 3.36. The number of hydrogen-bond donors (Lipinski definition) is 1. The largest absolute Gasteiger partial charge is 0.469 e. The van der Waals surface area contributed by atoms with Crippen LogP contribution in [-0.2, 0) is 9.53 Å². The van der Waals surface area contributed by atoms with E-state index in [-0.39, 0.29) is 11.9 Å². The zero-order valence-corrected chi connectivity index (χ0v) is 11.9. The molecule has 1 aliphatic carbocycles. The Hall–Kier alpha value is -1.10. The molecule has 1 aromatic heterocycles. The number of anilines is 1. The lowest BCUT2D eigenvalue weighted by atomic mass is 9.86. The second-order valence-corrected chi connectivity index (χ2v) is 5.40. The van der Waals surface area contributed by atoms with Crippen molar-refractivity contribution in [3.05, 3.63) is 22.9 Å². The molecular weight excluding hydrogens is 296 g/mol. The van der Waals surface area contributed by atoms with E-state index in [0.29, 0.717) is 6.04 Å². The first-order chi connectivity index (χ1) is 8.69. The molecule has 2 rings (SSSR count). The van der Waals surface area contributed by atoms with Gasteiger partial charge in [-0.05, 0) is 53.7 Å². The molecule has 0 radical (unpaired) electrons. The molecule has 0 bridgehead atoms. The van der Waals surface area contributed by atoms with Crippen LogP contribution in [0.4, 0.5) is 5.69 Å². The van der Waals surface area contributed by atoms with Gasteiger partial charge in [0.1, 0.15) is 4.60 Å². The molecule has 98 valence electrons. The van der Waals surface area contributed by atoms with Gasteiger partial charge in [0.25, 0.3) is 0 Å². The fourth-order valence-corrected chi connectivity index (χ4v) is 2.57. The smallest absolute Gasteiger partial charge is 0.308 e. The van der Waals surface area contributed by atoms with E-state index in [1.807, 2.05) is 18.3 Å². The molecule has 0 saturated heterocycles. The van der Waals surface area contributed by atoms with Crippen LogP contribution in [0.15, 0.2) is 22.9 Å². The predicted octanol–water partition coefficient (Wildman–Crippen LogP) is 2.99. The normalized spacial score (nSPS) is 23.4. The second kappa shape index (κ2) is 6.18. The number of esters is 1. The number of methoxy groups -OCH3 is 1. The van der Waals surface area contributed by atoms with Crippen molar-refractivity contribution in [3.8, 4) is 0 Å². The van der Waals surface area contributed by atoms with Crippen LogP contribution in [0.2, 0.25) is 0 Å². The van der Waals surface area contributed by atoms with Gasteiger partial charge in [-0.1, -0.05) is 0 Å². The first-order valence-corrected chi connectivity index (χ1v) is 6.94. The number of pyridine rings is 1. The van der Waals surface area contributed by atoms with Crippen LogP contribution in [0.25, 0.3) is 0 Å². The van der Waals surface area contributed by atoms with Crippen molar-refractivity contribution in [2.24, 2.45) is 5.92 Å². The summed E-state index contributed by atoms with van der Waals surface area (Å²) < 4.78 is 5.62. The van der Waals surface area contributed by atoms with Gasteiger partial charge in [-0.15, -0.1) is 0 Å². The van der Waals surface area contributed by atoms with Crippen molar-refractivity contribution >= 4 is 27.6 Å². The van der Waals surface area contributed by atoms with Crippen molar-refractivity contribution < 1.29 is 9.53 Å². The minimum absolute atomic E-state index is 0.0706. The first-order valence-electron chi connectivity index (χ1n) is 6.15. The summed E-state index contributed by atoms with van der Waals surface area (Å²) in [5.74, 6) is 0.00912. The van der Waals surface area contributed by atoms with E-state index >= 15 is 0 Å². The molecule has 1 aromatic rings. The monoisotopic (exact) mass is 312 g/mol. The van der Waals surface area contributed by atoms with Crippen LogP contribution in [-0.4, -0.2) is 24.1 Å². The van der Waals surface area contributed by atoms with Crippen molar-refractivity contribution in [2.45, 2.75) is 31.7 Å². The standard InChI is InChI=1S/C13H17BrN2O2/c1-18-13(17)9-2-4-10(5-3-9)16-11-6-7-12(14)15-8-11/h6-10,16H,2-5H2,1H3. The van der Waals surface area contributed by atoms with Gasteiger partial charge in [0.2, 0.25) is 0 Å². The van der Waals surface area contributed by atoms with Crippen molar-refractivity contribution in [1.29, 1.82) is 0 Å². The Balaban J connectivity index is 1.83. The van der Waals surface area contributed by atoms with Gasteiger partial charge in [0, 0.05) is 6.04 Å². The Morgan fingerprint density at radius 3 is 2.67 bits per heavy atom. The lowest BCUT2D eigenvalue weighted by molar-refractivity contribution is -0.146.